The number of cyclic esters (lactones) is 1. The minimum Gasteiger partial charge on any atom is -0.457 e. The average molecular weight is 303 g/mol. The van der Waals surface area contributed by atoms with E-state index >= 15 is 0 Å². The number of carbonyl (C=O) groups excluding carboxylic acids is 1. The van der Waals surface area contributed by atoms with E-state index in [1.54, 1.807) is 0 Å². The van der Waals surface area contributed by atoms with Gasteiger partial charge in [0.1, 0.15) is 6.61 Å². The molecule has 2 atom stereocenters. The highest BCUT2D eigenvalue weighted by molar-refractivity contribution is 5.93. The zero-order valence-corrected chi connectivity index (χ0v) is 13.7. The second-order valence-electron chi connectivity index (χ2n) is 6.18. The van der Waals surface area contributed by atoms with Crippen LogP contribution in [0.3, 0.4) is 0 Å². The Bertz CT molecular complexity index is 570. The SMILES string of the molecule is CC[C@@H]1CCOC(c2ccc3c(c2C)COC3=O)CN1CC. The molecule has 0 spiro atoms. The molecule has 0 aliphatic carbocycles. The summed E-state index contributed by atoms with van der Waals surface area (Å²) in [5.74, 6) is -0.201. The van der Waals surface area contributed by atoms with Gasteiger partial charge in [0.2, 0.25) is 0 Å². The van der Waals surface area contributed by atoms with Crippen LogP contribution in [-0.4, -0.2) is 36.6 Å². The largest absolute Gasteiger partial charge is 0.457 e. The van der Waals surface area contributed by atoms with E-state index in [2.05, 4.69) is 25.7 Å². The maximum atomic E-state index is 11.7. The second kappa shape index (κ2) is 6.39. The molecule has 2 aliphatic rings. The van der Waals surface area contributed by atoms with Crippen molar-refractivity contribution in [3.8, 4) is 0 Å². The standard InChI is InChI=1S/C18H25NO3/c1-4-13-8-9-21-17(10-19(13)5-2)14-6-7-15-16(12(14)3)11-22-18(15)20/h6-7,13,17H,4-5,8-11H2,1-3H3/t13-,17?/m1/s1. The number of carbonyl (C=O) groups is 1. The molecule has 1 saturated heterocycles. The van der Waals surface area contributed by atoms with Crippen molar-refractivity contribution < 1.29 is 14.3 Å². The summed E-state index contributed by atoms with van der Waals surface area (Å²) in [6, 6.07) is 4.55. The van der Waals surface area contributed by atoms with Crippen LogP contribution in [0.2, 0.25) is 0 Å². The van der Waals surface area contributed by atoms with Crippen LogP contribution in [-0.2, 0) is 16.1 Å². The van der Waals surface area contributed by atoms with Gasteiger partial charge in [0.25, 0.3) is 0 Å². The van der Waals surface area contributed by atoms with Gasteiger partial charge < -0.3 is 9.47 Å². The third-order valence-corrected chi connectivity index (χ3v) is 5.12. The molecular formula is C18H25NO3. The first-order valence-corrected chi connectivity index (χ1v) is 8.30. The third-order valence-electron chi connectivity index (χ3n) is 5.12. The van der Waals surface area contributed by atoms with E-state index in [9.17, 15) is 4.79 Å². The van der Waals surface area contributed by atoms with Crippen LogP contribution in [0.5, 0.6) is 0 Å². The van der Waals surface area contributed by atoms with E-state index in [4.69, 9.17) is 9.47 Å². The van der Waals surface area contributed by atoms with Gasteiger partial charge in [-0.2, -0.15) is 0 Å². The first-order chi connectivity index (χ1) is 10.7. The van der Waals surface area contributed by atoms with Crippen molar-refractivity contribution in [2.45, 2.75) is 52.4 Å². The fourth-order valence-electron chi connectivity index (χ4n) is 3.70. The van der Waals surface area contributed by atoms with Gasteiger partial charge >= 0.3 is 5.97 Å². The predicted molar refractivity (Wildman–Crippen MR) is 84.9 cm³/mol. The third kappa shape index (κ3) is 2.66. The molecule has 1 unspecified atom stereocenters. The second-order valence-corrected chi connectivity index (χ2v) is 6.18. The molecule has 1 aromatic rings. The van der Waals surface area contributed by atoms with Crippen molar-refractivity contribution >= 4 is 5.97 Å². The maximum Gasteiger partial charge on any atom is 0.338 e. The summed E-state index contributed by atoms with van der Waals surface area (Å²) < 4.78 is 11.3. The highest BCUT2D eigenvalue weighted by Crippen LogP contribution is 2.32. The van der Waals surface area contributed by atoms with Crippen molar-refractivity contribution in [1.82, 2.24) is 4.90 Å². The van der Waals surface area contributed by atoms with Gasteiger partial charge in [-0.1, -0.05) is 19.9 Å². The Kier molecular flexibility index (Phi) is 4.50. The summed E-state index contributed by atoms with van der Waals surface area (Å²) in [7, 11) is 0. The van der Waals surface area contributed by atoms with Crippen LogP contribution in [0.1, 0.15) is 59.8 Å². The van der Waals surface area contributed by atoms with Crippen molar-refractivity contribution in [2.75, 3.05) is 19.7 Å². The molecule has 3 rings (SSSR count). The predicted octanol–water partition coefficient (Wildman–Crippen LogP) is 3.23. The lowest BCUT2D eigenvalue weighted by Crippen LogP contribution is -2.36. The van der Waals surface area contributed by atoms with Crippen molar-refractivity contribution in [3.63, 3.8) is 0 Å². The van der Waals surface area contributed by atoms with E-state index in [0.29, 0.717) is 18.2 Å². The molecular weight excluding hydrogens is 278 g/mol. The molecule has 1 fully saturated rings. The number of hydrogen-bond donors (Lipinski definition) is 0. The van der Waals surface area contributed by atoms with Gasteiger partial charge in [-0.15, -0.1) is 0 Å². The Balaban J connectivity index is 1.89. The van der Waals surface area contributed by atoms with Gasteiger partial charge in [-0.05, 0) is 43.5 Å². The number of fused-ring (bicyclic) bond motifs is 1. The van der Waals surface area contributed by atoms with Gasteiger partial charge in [-0.25, -0.2) is 4.79 Å². The number of benzene rings is 1. The minimum atomic E-state index is -0.201. The number of ether oxygens (including phenoxy) is 2. The Morgan fingerprint density at radius 2 is 2.14 bits per heavy atom. The van der Waals surface area contributed by atoms with E-state index in [-0.39, 0.29) is 12.1 Å². The van der Waals surface area contributed by atoms with Crippen LogP contribution >= 0.6 is 0 Å². The molecule has 0 aromatic heterocycles. The topological polar surface area (TPSA) is 38.8 Å². The molecule has 4 heteroatoms. The van der Waals surface area contributed by atoms with Crippen LogP contribution in [0, 0.1) is 6.92 Å². The van der Waals surface area contributed by atoms with Crippen LogP contribution < -0.4 is 0 Å². The molecule has 1 aromatic carbocycles. The molecule has 0 amide bonds. The molecule has 0 saturated carbocycles. The van der Waals surface area contributed by atoms with Crippen molar-refractivity contribution in [3.05, 3.63) is 34.4 Å². The minimum absolute atomic E-state index is 0.0810. The van der Waals surface area contributed by atoms with E-state index in [1.165, 1.54) is 5.56 Å². The Labute approximate surface area is 132 Å². The Hall–Kier alpha value is -1.39. The van der Waals surface area contributed by atoms with Gasteiger partial charge in [-0.3, -0.25) is 4.90 Å². The zero-order valence-electron chi connectivity index (χ0n) is 13.7. The summed E-state index contributed by atoms with van der Waals surface area (Å²) >= 11 is 0. The molecule has 120 valence electrons. The normalized spacial score (nSPS) is 25.7. The van der Waals surface area contributed by atoms with Crippen LogP contribution in [0.25, 0.3) is 0 Å². The summed E-state index contributed by atoms with van der Waals surface area (Å²) in [6.07, 6.45) is 2.33. The lowest BCUT2D eigenvalue weighted by molar-refractivity contribution is 0.0528. The number of nitrogens with zero attached hydrogens (tertiary/aromatic N) is 1. The van der Waals surface area contributed by atoms with Gasteiger partial charge in [0, 0.05) is 24.8 Å². The molecule has 2 heterocycles. The number of rotatable bonds is 3. The molecule has 22 heavy (non-hydrogen) atoms. The Morgan fingerprint density at radius 3 is 2.86 bits per heavy atom. The van der Waals surface area contributed by atoms with E-state index in [0.717, 1.165) is 43.7 Å². The number of esters is 1. The van der Waals surface area contributed by atoms with Crippen molar-refractivity contribution in [2.24, 2.45) is 0 Å². The first-order valence-electron chi connectivity index (χ1n) is 8.30. The Morgan fingerprint density at radius 1 is 1.32 bits per heavy atom. The highest BCUT2D eigenvalue weighted by Gasteiger charge is 2.29. The quantitative estimate of drug-likeness (QED) is 0.804. The zero-order chi connectivity index (χ0) is 15.7. The molecule has 0 radical (unpaired) electrons. The summed E-state index contributed by atoms with van der Waals surface area (Å²) in [4.78, 5) is 14.2. The lowest BCUT2D eigenvalue weighted by Gasteiger charge is -2.29. The van der Waals surface area contributed by atoms with E-state index < -0.39 is 0 Å². The summed E-state index contributed by atoms with van der Waals surface area (Å²) in [5.41, 5.74) is 4.10. The number of likely N-dealkylation sites (N-methyl/N-ethyl adjacent to an activating group) is 1. The monoisotopic (exact) mass is 303 g/mol. The fraction of sp³-hybridized carbons (Fsp3) is 0.611. The molecule has 2 aliphatic heterocycles. The highest BCUT2D eigenvalue weighted by atomic mass is 16.5. The van der Waals surface area contributed by atoms with Gasteiger partial charge in [0.05, 0.1) is 11.7 Å². The molecule has 4 nitrogen and oxygen atoms in total. The summed E-state index contributed by atoms with van der Waals surface area (Å²) in [6.45, 7) is 9.71. The molecule has 0 N–H and O–H groups in total. The summed E-state index contributed by atoms with van der Waals surface area (Å²) in [5, 5.41) is 0. The van der Waals surface area contributed by atoms with Crippen LogP contribution in [0.15, 0.2) is 12.1 Å². The van der Waals surface area contributed by atoms with Crippen molar-refractivity contribution in [1.29, 1.82) is 0 Å². The van der Waals surface area contributed by atoms with E-state index in [1.807, 2.05) is 12.1 Å². The smallest absolute Gasteiger partial charge is 0.338 e. The maximum absolute atomic E-state index is 11.7. The first kappa shape index (κ1) is 15.5. The van der Waals surface area contributed by atoms with Crippen LogP contribution in [0.4, 0.5) is 0 Å². The number of hydrogen-bond acceptors (Lipinski definition) is 4. The fourth-order valence-corrected chi connectivity index (χ4v) is 3.70. The average Bonchev–Trinajstić information content (AvgIpc) is 2.79. The molecule has 0 bridgehead atoms. The van der Waals surface area contributed by atoms with Gasteiger partial charge in [0.15, 0.2) is 0 Å². The lowest BCUT2D eigenvalue weighted by atomic mass is 9.95.